The van der Waals surface area contributed by atoms with Crippen molar-refractivity contribution in [2.45, 2.75) is 46.2 Å². The van der Waals surface area contributed by atoms with Crippen LogP contribution < -0.4 is 15.5 Å². The number of ether oxygens (including phenoxy) is 1. The van der Waals surface area contributed by atoms with E-state index >= 15 is 0 Å². The maximum Gasteiger partial charge on any atom is 0.254 e. The van der Waals surface area contributed by atoms with E-state index in [1.807, 2.05) is 39.1 Å². The summed E-state index contributed by atoms with van der Waals surface area (Å²) in [6, 6.07) is 8.70. The van der Waals surface area contributed by atoms with Gasteiger partial charge >= 0.3 is 0 Å². The van der Waals surface area contributed by atoms with E-state index in [4.69, 9.17) is 9.72 Å². The Morgan fingerprint density at radius 3 is 2.56 bits per heavy atom. The number of benzene rings is 1. The van der Waals surface area contributed by atoms with E-state index in [2.05, 4.69) is 50.7 Å². The first-order valence-corrected chi connectivity index (χ1v) is 14.7. The number of hydrogen-bond acceptors (Lipinski definition) is 7. The van der Waals surface area contributed by atoms with Crippen molar-refractivity contribution in [3.63, 3.8) is 0 Å². The van der Waals surface area contributed by atoms with Crippen molar-refractivity contribution in [1.29, 1.82) is 0 Å². The molecule has 2 saturated heterocycles. The molecule has 1 atom stereocenters. The molecule has 3 aliphatic rings. The van der Waals surface area contributed by atoms with Gasteiger partial charge in [0.05, 0.1) is 24.8 Å². The van der Waals surface area contributed by atoms with E-state index in [1.165, 1.54) is 0 Å². The number of rotatable bonds is 8. The molecule has 4 heterocycles. The molecule has 218 valence electrons. The summed E-state index contributed by atoms with van der Waals surface area (Å²) in [5, 5.41) is 6.48. The highest BCUT2D eigenvalue weighted by Crippen LogP contribution is 2.33. The van der Waals surface area contributed by atoms with Gasteiger partial charge in [-0.25, -0.2) is 4.99 Å². The number of anilines is 1. The SMILES string of the molecule is CC1=CC(C)=NC(=O)C1CNC(=O)c1cc(-c2ccc(CN3CCOCC3)nc2)cc(N(C)C2CCNCC2)c1C. The minimum atomic E-state index is -0.439. The first-order chi connectivity index (χ1) is 19.8. The standard InChI is InChI=1S/C32H42N6O3/c1-21-15-22(2)36-32(40)29(21)19-35-31(39)28-16-25(17-30(23(28)3)37(4)27-7-9-33-10-8-27)24-5-6-26(34-18-24)20-38-11-13-41-14-12-38/h5-6,15-18,27,29,33H,7-14,19-20H2,1-4H3,(H,35,39). The number of carbonyl (C=O) groups excluding carboxylic acids is 2. The van der Waals surface area contributed by atoms with Crippen molar-refractivity contribution >= 4 is 23.2 Å². The molecule has 0 spiro atoms. The Bertz CT molecular complexity index is 1320. The Hall–Kier alpha value is -3.40. The van der Waals surface area contributed by atoms with E-state index in [0.29, 0.717) is 17.3 Å². The summed E-state index contributed by atoms with van der Waals surface area (Å²) in [7, 11) is 2.13. The summed E-state index contributed by atoms with van der Waals surface area (Å²) in [5.74, 6) is -0.831. The van der Waals surface area contributed by atoms with Crippen LogP contribution in [0.1, 0.15) is 48.3 Å². The van der Waals surface area contributed by atoms with E-state index in [9.17, 15) is 9.59 Å². The molecular weight excluding hydrogens is 516 g/mol. The normalized spacial score (nSPS) is 20.4. The quantitative estimate of drug-likeness (QED) is 0.513. The number of pyridine rings is 1. The molecule has 0 saturated carbocycles. The van der Waals surface area contributed by atoms with Crippen LogP contribution in [-0.4, -0.2) is 86.4 Å². The second-order valence-corrected chi connectivity index (χ2v) is 11.4. The lowest BCUT2D eigenvalue weighted by molar-refractivity contribution is -0.120. The molecule has 0 aliphatic carbocycles. The molecule has 2 fully saturated rings. The molecule has 0 bridgehead atoms. The summed E-state index contributed by atoms with van der Waals surface area (Å²) in [4.78, 5) is 39.7. The Morgan fingerprint density at radius 2 is 1.88 bits per heavy atom. The second kappa shape index (κ2) is 13.1. The predicted octanol–water partition coefficient (Wildman–Crippen LogP) is 3.37. The minimum absolute atomic E-state index is 0.187. The van der Waals surface area contributed by atoms with E-state index in [1.54, 1.807) is 0 Å². The molecule has 0 radical (unpaired) electrons. The van der Waals surface area contributed by atoms with Crippen LogP contribution in [-0.2, 0) is 16.1 Å². The smallest absolute Gasteiger partial charge is 0.254 e. The largest absolute Gasteiger partial charge is 0.379 e. The highest BCUT2D eigenvalue weighted by Gasteiger charge is 2.26. The average Bonchev–Trinajstić information content (AvgIpc) is 2.97. The van der Waals surface area contributed by atoms with Crippen LogP contribution in [0.5, 0.6) is 0 Å². The Labute approximate surface area is 243 Å². The van der Waals surface area contributed by atoms with E-state index < -0.39 is 5.92 Å². The van der Waals surface area contributed by atoms with Gasteiger partial charge in [0.2, 0.25) is 0 Å². The monoisotopic (exact) mass is 558 g/mol. The predicted molar refractivity (Wildman–Crippen MR) is 162 cm³/mol. The number of dihydropyridines is 1. The maximum absolute atomic E-state index is 13.7. The van der Waals surface area contributed by atoms with Crippen molar-refractivity contribution < 1.29 is 14.3 Å². The van der Waals surface area contributed by atoms with Gasteiger partial charge in [0.25, 0.3) is 11.8 Å². The zero-order valence-corrected chi connectivity index (χ0v) is 24.7. The topological polar surface area (TPSA) is 99.2 Å². The van der Waals surface area contributed by atoms with Crippen LogP contribution in [0.4, 0.5) is 5.69 Å². The van der Waals surface area contributed by atoms with Gasteiger partial charge in [-0.15, -0.1) is 0 Å². The number of amides is 2. The number of piperidine rings is 1. The first kappa shape index (κ1) is 29.1. The Kier molecular flexibility index (Phi) is 9.27. The highest BCUT2D eigenvalue weighted by atomic mass is 16.5. The maximum atomic E-state index is 13.7. The molecule has 3 aliphatic heterocycles. The van der Waals surface area contributed by atoms with Gasteiger partial charge in [-0.05, 0) is 82.1 Å². The van der Waals surface area contributed by atoms with Gasteiger partial charge in [-0.1, -0.05) is 11.6 Å². The second-order valence-electron chi connectivity index (χ2n) is 11.4. The third-order valence-electron chi connectivity index (χ3n) is 8.55. The third-order valence-corrected chi connectivity index (χ3v) is 8.55. The zero-order chi connectivity index (χ0) is 28.9. The molecule has 9 heteroatoms. The lowest BCUT2D eigenvalue weighted by Crippen LogP contribution is -2.41. The number of carbonyl (C=O) groups is 2. The van der Waals surface area contributed by atoms with Crippen molar-refractivity contribution in [1.82, 2.24) is 20.5 Å². The number of allylic oxidation sites excluding steroid dienone is 1. The van der Waals surface area contributed by atoms with E-state index in [0.717, 1.165) is 92.4 Å². The average molecular weight is 559 g/mol. The van der Waals surface area contributed by atoms with Crippen molar-refractivity contribution in [2.24, 2.45) is 10.9 Å². The Morgan fingerprint density at radius 1 is 1.12 bits per heavy atom. The lowest BCUT2D eigenvalue weighted by Gasteiger charge is -2.35. The fraction of sp³-hybridized carbons (Fsp3) is 0.500. The molecule has 2 amide bonds. The molecule has 2 aromatic rings. The van der Waals surface area contributed by atoms with Crippen molar-refractivity contribution in [2.75, 3.05) is 57.9 Å². The first-order valence-electron chi connectivity index (χ1n) is 14.7. The van der Waals surface area contributed by atoms with Gasteiger partial charge in [0, 0.05) is 68.0 Å². The minimum Gasteiger partial charge on any atom is -0.379 e. The molecule has 1 aromatic carbocycles. The summed E-state index contributed by atoms with van der Waals surface area (Å²) in [6.45, 7) is 12.1. The van der Waals surface area contributed by atoms with Crippen LogP contribution in [0, 0.1) is 12.8 Å². The molecule has 9 nitrogen and oxygen atoms in total. The Balaban J connectivity index is 1.41. The fourth-order valence-corrected chi connectivity index (χ4v) is 5.98. The zero-order valence-electron chi connectivity index (χ0n) is 24.7. The number of nitrogens with one attached hydrogen (secondary N) is 2. The third kappa shape index (κ3) is 6.92. The summed E-state index contributed by atoms with van der Waals surface area (Å²) >= 11 is 0. The summed E-state index contributed by atoms with van der Waals surface area (Å²) in [6.07, 6.45) is 5.92. The van der Waals surface area contributed by atoms with Crippen LogP contribution in [0.3, 0.4) is 0 Å². The molecule has 41 heavy (non-hydrogen) atoms. The van der Waals surface area contributed by atoms with Crippen LogP contribution in [0.2, 0.25) is 0 Å². The van der Waals surface area contributed by atoms with Crippen molar-refractivity contribution in [3.05, 3.63) is 58.9 Å². The fourth-order valence-electron chi connectivity index (χ4n) is 5.98. The molecule has 2 N–H and O–H groups in total. The highest BCUT2D eigenvalue weighted by molar-refractivity contribution is 6.06. The number of morpholine rings is 1. The van der Waals surface area contributed by atoms with Gasteiger partial charge in [-0.3, -0.25) is 19.5 Å². The molecule has 1 aromatic heterocycles. The van der Waals surface area contributed by atoms with E-state index in [-0.39, 0.29) is 18.4 Å². The van der Waals surface area contributed by atoms with Gasteiger partial charge in [-0.2, -0.15) is 0 Å². The number of aliphatic imine (C=N–C) groups is 1. The number of aromatic nitrogens is 1. The molecular formula is C32H42N6O3. The molecule has 1 unspecified atom stereocenters. The van der Waals surface area contributed by atoms with Gasteiger partial charge < -0.3 is 20.3 Å². The van der Waals surface area contributed by atoms with Crippen molar-refractivity contribution in [3.8, 4) is 11.1 Å². The van der Waals surface area contributed by atoms with Crippen LogP contribution >= 0.6 is 0 Å². The number of hydrogen-bond donors (Lipinski definition) is 2. The van der Waals surface area contributed by atoms with Gasteiger partial charge in [0.1, 0.15) is 0 Å². The lowest BCUT2D eigenvalue weighted by atomic mass is 9.94. The van der Waals surface area contributed by atoms with Crippen LogP contribution in [0.15, 0.2) is 47.1 Å². The summed E-state index contributed by atoms with van der Waals surface area (Å²) in [5.41, 5.74) is 7.15. The number of nitrogens with zero attached hydrogens (tertiary/aromatic N) is 4. The summed E-state index contributed by atoms with van der Waals surface area (Å²) < 4.78 is 5.47. The molecule has 5 rings (SSSR count). The van der Waals surface area contributed by atoms with Crippen LogP contribution in [0.25, 0.3) is 11.1 Å². The van der Waals surface area contributed by atoms with Gasteiger partial charge in [0.15, 0.2) is 0 Å².